The molecule has 0 amide bonds. The Morgan fingerprint density at radius 3 is 1.44 bits per heavy atom. The number of aryl methyl sites for hydroxylation is 2. The summed E-state index contributed by atoms with van der Waals surface area (Å²) in [6.45, 7) is 13.9. The van der Waals surface area contributed by atoms with Crippen LogP contribution in [0, 0.1) is 13.8 Å². The van der Waals surface area contributed by atoms with E-state index in [0.29, 0.717) is 11.1 Å². The highest BCUT2D eigenvalue weighted by Crippen LogP contribution is 2.50. The summed E-state index contributed by atoms with van der Waals surface area (Å²) < 4.78 is 0. The maximum Gasteiger partial charge on any atom is 0.0678 e. The zero-order chi connectivity index (χ0) is 19.3. The van der Waals surface area contributed by atoms with Crippen LogP contribution in [-0.2, 0) is 0 Å². The summed E-state index contributed by atoms with van der Waals surface area (Å²) in [6, 6.07) is 13.8. The van der Waals surface area contributed by atoms with E-state index in [4.69, 9.17) is 0 Å². The molecule has 27 heavy (non-hydrogen) atoms. The second kappa shape index (κ2) is 6.94. The van der Waals surface area contributed by atoms with Gasteiger partial charge in [0.15, 0.2) is 0 Å². The maximum atomic E-state index is 2.39. The molecule has 138 valence electrons. The predicted octanol–water partition coefficient (Wildman–Crippen LogP) is 7.18. The molecule has 4 rings (SSSR count). The molecule has 0 saturated carbocycles. The van der Waals surface area contributed by atoms with Crippen molar-refractivity contribution in [1.29, 1.82) is 0 Å². The summed E-state index contributed by atoms with van der Waals surface area (Å²) in [6.07, 6.45) is 2.32. The molecule has 0 spiro atoms. The van der Waals surface area contributed by atoms with E-state index in [9.17, 15) is 0 Å². The van der Waals surface area contributed by atoms with E-state index in [1.165, 1.54) is 22.3 Å². The Bertz CT molecular complexity index is 894. The van der Waals surface area contributed by atoms with Crippen LogP contribution in [0.4, 0.5) is 0 Å². The minimum Gasteiger partial charge on any atom is -0.0627 e. The smallest absolute Gasteiger partial charge is 0.0627 e. The van der Waals surface area contributed by atoms with Crippen molar-refractivity contribution in [2.75, 3.05) is 0 Å². The fourth-order valence-corrected chi connectivity index (χ4v) is 7.92. The summed E-state index contributed by atoms with van der Waals surface area (Å²) in [5, 5.41) is 0. The summed E-state index contributed by atoms with van der Waals surface area (Å²) in [5.74, 6) is 0. The standard InChI is InChI=1S/C26H30Si/c1-7-19-17(5)23-15(3)11-9-13-21(23)25(19)27-26-20(8-2)18(6)24-16(4)12-10-14-22(24)26/h9-14,25-26H,7-8H2,1-6H3. The Balaban J connectivity index is 1.82. The number of fused-ring (bicyclic) bond motifs is 2. The van der Waals surface area contributed by atoms with Crippen LogP contribution in [0.15, 0.2) is 47.5 Å². The number of hydrogen-bond acceptors (Lipinski definition) is 0. The summed E-state index contributed by atoms with van der Waals surface area (Å²) in [5.41, 5.74) is 16.7. The zero-order valence-electron chi connectivity index (χ0n) is 17.5. The van der Waals surface area contributed by atoms with E-state index < -0.39 is 0 Å². The molecule has 0 aliphatic heterocycles. The van der Waals surface area contributed by atoms with E-state index in [1.54, 1.807) is 33.4 Å². The minimum absolute atomic E-state index is 0.593. The first-order chi connectivity index (χ1) is 13.0. The monoisotopic (exact) mass is 370 g/mol. The van der Waals surface area contributed by atoms with Crippen molar-refractivity contribution in [3.63, 3.8) is 0 Å². The molecule has 0 nitrogen and oxygen atoms in total. The Kier molecular flexibility index (Phi) is 4.76. The van der Waals surface area contributed by atoms with E-state index in [2.05, 4.69) is 77.9 Å². The molecule has 0 N–H and O–H groups in total. The van der Waals surface area contributed by atoms with Crippen molar-refractivity contribution in [2.24, 2.45) is 0 Å². The molecule has 2 aliphatic rings. The van der Waals surface area contributed by atoms with Crippen LogP contribution in [0.1, 0.15) is 85.0 Å². The van der Waals surface area contributed by atoms with Crippen molar-refractivity contribution < 1.29 is 0 Å². The van der Waals surface area contributed by atoms with Crippen LogP contribution in [0.2, 0.25) is 0 Å². The summed E-state index contributed by atoms with van der Waals surface area (Å²) in [4.78, 5) is 0. The fraction of sp³-hybridized carbons (Fsp3) is 0.385. The fourth-order valence-electron chi connectivity index (χ4n) is 5.50. The van der Waals surface area contributed by atoms with Gasteiger partial charge in [-0.15, -0.1) is 0 Å². The van der Waals surface area contributed by atoms with Gasteiger partial charge in [0.1, 0.15) is 0 Å². The topological polar surface area (TPSA) is 0 Å². The van der Waals surface area contributed by atoms with Crippen molar-refractivity contribution in [3.05, 3.63) is 80.9 Å². The predicted molar refractivity (Wildman–Crippen MR) is 119 cm³/mol. The van der Waals surface area contributed by atoms with Crippen molar-refractivity contribution in [2.45, 2.75) is 65.5 Å². The molecule has 2 aliphatic carbocycles. The highest BCUT2D eigenvalue weighted by molar-refractivity contribution is 6.44. The Labute approximate surface area is 167 Å². The second-order valence-electron chi connectivity index (χ2n) is 8.12. The molecule has 2 aromatic rings. The first-order valence-corrected chi connectivity index (χ1v) is 11.5. The minimum atomic E-state index is 0.593. The number of rotatable bonds is 4. The first kappa shape index (κ1) is 18.5. The van der Waals surface area contributed by atoms with E-state index in [1.807, 2.05) is 0 Å². The lowest BCUT2D eigenvalue weighted by Gasteiger charge is -2.23. The lowest BCUT2D eigenvalue weighted by molar-refractivity contribution is 0.939. The molecule has 0 fully saturated rings. The van der Waals surface area contributed by atoms with Gasteiger partial charge in [0.25, 0.3) is 0 Å². The van der Waals surface area contributed by atoms with Gasteiger partial charge in [0.05, 0.1) is 9.52 Å². The average Bonchev–Trinajstić information content (AvgIpc) is 3.08. The Morgan fingerprint density at radius 1 is 0.667 bits per heavy atom. The molecular formula is C26H30Si. The molecule has 0 heterocycles. The van der Waals surface area contributed by atoms with Crippen molar-refractivity contribution >= 4 is 20.7 Å². The third kappa shape index (κ3) is 2.70. The van der Waals surface area contributed by atoms with Gasteiger partial charge in [0, 0.05) is 0 Å². The van der Waals surface area contributed by atoms with Gasteiger partial charge in [-0.1, -0.05) is 61.4 Å². The van der Waals surface area contributed by atoms with Gasteiger partial charge >= 0.3 is 0 Å². The molecule has 2 unspecified atom stereocenters. The van der Waals surface area contributed by atoms with Crippen LogP contribution in [0.25, 0.3) is 11.1 Å². The average molecular weight is 371 g/mol. The molecule has 2 radical (unpaired) electrons. The van der Waals surface area contributed by atoms with Crippen LogP contribution in [-0.4, -0.2) is 9.52 Å². The van der Waals surface area contributed by atoms with Crippen LogP contribution in [0.5, 0.6) is 0 Å². The molecule has 0 saturated heterocycles. The third-order valence-corrected chi connectivity index (χ3v) is 8.72. The van der Waals surface area contributed by atoms with Gasteiger partial charge in [-0.25, -0.2) is 0 Å². The lowest BCUT2D eigenvalue weighted by atomic mass is 10.0. The van der Waals surface area contributed by atoms with E-state index >= 15 is 0 Å². The lowest BCUT2D eigenvalue weighted by Crippen LogP contribution is -2.18. The van der Waals surface area contributed by atoms with Gasteiger partial charge in [-0.3, -0.25) is 0 Å². The number of benzene rings is 2. The summed E-state index contributed by atoms with van der Waals surface area (Å²) in [7, 11) is 0.897. The quantitative estimate of drug-likeness (QED) is 0.500. The number of allylic oxidation sites excluding steroid dienone is 4. The molecule has 1 heteroatoms. The van der Waals surface area contributed by atoms with Gasteiger partial charge in [-0.2, -0.15) is 0 Å². The van der Waals surface area contributed by atoms with Gasteiger partial charge < -0.3 is 0 Å². The SMILES string of the molecule is CCC1=C(C)c2c(C)cccc2C1[Si]C1C(CC)=C(C)c2c(C)cccc21. The molecular weight excluding hydrogens is 340 g/mol. The molecule has 0 aromatic heterocycles. The molecule has 0 bridgehead atoms. The van der Waals surface area contributed by atoms with Crippen LogP contribution < -0.4 is 0 Å². The van der Waals surface area contributed by atoms with Crippen LogP contribution in [0.3, 0.4) is 0 Å². The molecule has 2 atom stereocenters. The maximum absolute atomic E-state index is 2.39. The highest BCUT2D eigenvalue weighted by atomic mass is 28.2. The van der Waals surface area contributed by atoms with Crippen LogP contribution >= 0.6 is 0 Å². The highest BCUT2D eigenvalue weighted by Gasteiger charge is 2.36. The Morgan fingerprint density at radius 2 is 1.07 bits per heavy atom. The van der Waals surface area contributed by atoms with Crippen molar-refractivity contribution in [1.82, 2.24) is 0 Å². The van der Waals surface area contributed by atoms with Gasteiger partial charge in [-0.05, 0) is 96.1 Å². The van der Waals surface area contributed by atoms with E-state index in [0.717, 1.165) is 22.4 Å². The largest absolute Gasteiger partial charge is 0.0678 e. The summed E-state index contributed by atoms with van der Waals surface area (Å²) >= 11 is 0. The number of hydrogen-bond donors (Lipinski definition) is 0. The third-order valence-electron chi connectivity index (χ3n) is 6.74. The first-order valence-electron chi connectivity index (χ1n) is 10.3. The van der Waals surface area contributed by atoms with Crippen molar-refractivity contribution in [3.8, 4) is 0 Å². The van der Waals surface area contributed by atoms with Gasteiger partial charge in [0.2, 0.25) is 0 Å². The second-order valence-corrected chi connectivity index (χ2v) is 9.61. The zero-order valence-corrected chi connectivity index (χ0v) is 18.5. The normalized spacial score (nSPS) is 21.1. The molecule has 2 aromatic carbocycles. The van der Waals surface area contributed by atoms with E-state index in [-0.39, 0.29) is 0 Å². The Hall–Kier alpha value is -1.86.